The number of aromatic nitrogens is 3. The molecular weight excluding hydrogens is 188 g/mol. The second-order valence-electron chi connectivity index (χ2n) is 2.62. The van der Waals surface area contributed by atoms with Crippen molar-refractivity contribution < 1.29 is 4.52 Å². The summed E-state index contributed by atoms with van der Waals surface area (Å²) in [6.45, 7) is 1.79. The Labute approximate surface area is 78.6 Å². The highest BCUT2D eigenvalue weighted by Crippen LogP contribution is 2.16. The average molecular weight is 196 g/mol. The van der Waals surface area contributed by atoms with E-state index in [1.165, 1.54) is 11.3 Å². The molecule has 6 heteroatoms. The van der Waals surface area contributed by atoms with Crippen LogP contribution in [-0.4, -0.2) is 15.1 Å². The Hall–Kier alpha value is -1.27. The maximum atomic E-state index is 5.57. The summed E-state index contributed by atoms with van der Waals surface area (Å²) >= 11 is 1.49. The predicted molar refractivity (Wildman–Crippen MR) is 48.0 cm³/mol. The zero-order valence-electron chi connectivity index (χ0n) is 6.97. The van der Waals surface area contributed by atoms with Gasteiger partial charge in [-0.3, -0.25) is 0 Å². The predicted octanol–water partition coefficient (Wildman–Crippen LogP) is 1.21. The SMILES string of the molecule is CC(N)c1nc(-c2cscn2)no1. The van der Waals surface area contributed by atoms with Gasteiger partial charge in [-0.05, 0) is 6.92 Å². The molecule has 0 saturated heterocycles. The lowest BCUT2D eigenvalue weighted by atomic mass is 10.4. The van der Waals surface area contributed by atoms with E-state index in [-0.39, 0.29) is 6.04 Å². The first-order valence-corrected chi connectivity index (χ1v) is 4.69. The molecule has 0 amide bonds. The van der Waals surface area contributed by atoms with Crippen LogP contribution in [0.4, 0.5) is 0 Å². The van der Waals surface area contributed by atoms with Crippen LogP contribution < -0.4 is 5.73 Å². The molecule has 2 rings (SSSR count). The van der Waals surface area contributed by atoms with Crippen molar-refractivity contribution in [2.75, 3.05) is 0 Å². The summed E-state index contributed by atoms with van der Waals surface area (Å²) in [7, 11) is 0. The van der Waals surface area contributed by atoms with Gasteiger partial charge in [0, 0.05) is 5.38 Å². The Bertz CT molecular complexity index is 381. The highest BCUT2D eigenvalue weighted by atomic mass is 32.1. The Morgan fingerprint density at radius 1 is 1.62 bits per heavy atom. The molecule has 0 aromatic carbocycles. The summed E-state index contributed by atoms with van der Waals surface area (Å²) < 4.78 is 4.93. The van der Waals surface area contributed by atoms with Crippen molar-refractivity contribution in [3.05, 3.63) is 16.8 Å². The third-order valence-electron chi connectivity index (χ3n) is 1.49. The number of thiazole rings is 1. The molecule has 2 aromatic rings. The van der Waals surface area contributed by atoms with Crippen molar-refractivity contribution in [1.82, 2.24) is 15.1 Å². The summed E-state index contributed by atoms with van der Waals surface area (Å²) in [6.07, 6.45) is 0. The number of nitrogens with zero attached hydrogens (tertiary/aromatic N) is 3. The Morgan fingerprint density at radius 3 is 3.00 bits per heavy atom. The van der Waals surface area contributed by atoms with Crippen LogP contribution in [0.15, 0.2) is 15.4 Å². The van der Waals surface area contributed by atoms with Crippen LogP contribution >= 0.6 is 11.3 Å². The zero-order valence-corrected chi connectivity index (χ0v) is 7.78. The molecular formula is C7H8N4OS. The highest BCUT2D eigenvalue weighted by Gasteiger charge is 2.12. The normalized spacial score (nSPS) is 13.1. The minimum absolute atomic E-state index is 0.236. The van der Waals surface area contributed by atoms with Gasteiger partial charge in [0.25, 0.3) is 0 Å². The van der Waals surface area contributed by atoms with Crippen LogP contribution in [0.25, 0.3) is 11.5 Å². The molecule has 0 spiro atoms. The first-order valence-electron chi connectivity index (χ1n) is 3.75. The second kappa shape index (κ2) is 3.23. The molecule has 68 valence electrons. The molecule has 2 heterocycles. The molecule has 2 aromatic heterocycles. The molecule has 0 aliphatic carbocycles. The number of hydrogen-bond donors (Lipinski definition) is 1. The summed E-state index contributed by atoms with van der Waals surface area (Å²) in [4.78, 5) is 8.15. The molecule has 0 radical (unpaired) electrons. The monoisotopic (exact) mass is 196 g/mol. The van der Waals surface area contributed by atoms with E-state index >= 15 is 0 Å². The van der Waals surface area contributed by atoms with Crippen molar-refractivity contribution >= 4 is 11.3 Å². The molecule has 1 atom stereocenters. The van der Waals surface area contributed by atoms with Crippen molar-refractivity contribution in [2.45, 2.75) is 13.0 Å². The van der Waals surface area contributed by atoms with Crippen LogP contribution in [0, 0.1) is 0 Å². The summed E-state index contributed by atoms with van der Waals surface area (Å²) in [5.41, 5.74) is 8.01. The number of hydrogen-bond acceptors (Lipinski definition) is 6. The third-order valence-corrected chi connectivity index (χ3v) is 2.08. The minimum Gasteiger partial charge on any atom is -0.337 e. The maximum Gasteiger partial charge on any atom is 0.243 e. The van der Waals surface area contributed by atoms with Crippen LogP contribution in [0.1, 0.15) is 18.9 Å². The largest absolute Gasteiger partial charge is 0.337 e. The van der Waals surface area contributed by atoms with Crippen LogP contribution in [-0.2, 0) is 0 Å². The van der Waals surface area contributed by atoms with Gasteiger partial charge in [-0.15, -0.1) is 11.3 Å². The fourth-order valence-electron chi connectivity index (χ4n) is 0.847. The van der Waals surface area contributed by atoms with E-state index in [2.05, 4.69) is 15.1 Å². The lowest BCUT2D eigenvalue weighted by molar-refractivity contribution is 0.362. The standard InChI is InChI=1S/C7H8N4OS/c1-4(8)7-10-6(11-12-7)5-2-13-3-9-5/h2-4H,8H2,1H3. The van der Waals surface area contributed by atoms with E-state index in [9.17, 15) is 0 Å². The van der Waals surface area contributed by atoms with E-state index in [1.807, 2.05) is 5.38 Å². The van der Waals surface area contributed by atoms with Gasteiger partial charge >= 0.3 is 0 Å². The van der Waals surface area contributed by atoms with E-state index in [0.717, 1.165) is 5.69 Å². The molecule has 0 saturated carbocycles. The van der Waals surface area contributed by atoms with Crippen molar-refractivity contribution in [1.29, 1.82) is 0 Å². The van der Waals surface area contributed by atoms with E-state index in [1.54, 1.807) is 12.4 Å². The van der Waals surface area contributed by atoms with E-state index in [4.69, 9.17) is 10.3 Å². The molecule has 1 unspecified atom stereocenters. The highest BCUT2D eigenvalue weighted by molar-refractivity contribution is 7.07. The lowest BCUT2D eigenvalue weighted by Gasteiger charge is -1.92. The van der Waals surface area contributed by atoms with Crippen molar-refractivity contribution in [3.63, 3.8) is 0 Å². The zero-order chi connectivity index (χ0) is 9.26. The van der Waals surface area contributed by atoms with Crippen molar-refractivity contribution in [3.8, 4) is 11.5 Å². The van der Waals surface area contributed by atoms with Crippen LogP contribution in [0.2, 0.25) is 0 Å². The summed E-state index contributed by atoms with van der Waals surface area (Å²) in [5.74, 6) is 0.927. The molecule has 0 bridgehead atoms. The van der Waals surface area contributed by atoms with Gasteiger partial charge in [0.15, 0.2) is 0 Å². The Kier molecular flexibility index (Phi) is 2.07. The molecule has 0 aliphatic heterocycles. The second-order valence-corrected chi connectivity index (χ2v) is 3.34. The fraction of sp³-hybridized carbons (Fsp3) is 0.286. The van der Waals surface area contributed by atoms with Gasteiger partial charge in [-0.25, -0.2) is 4.98 Å². The maximum absolute atomic E-state index is 5.57. The third kappa shape index (κ3) is 1.58. The molecule has 13 heavy (non-hydrogen) atoms. The number of nitrogens with two attached hydrogens (primary N) is 1. The van der Waals surface area contributed by atoms with Gasteiger partial charge in [-0.2, -0.15) is 4.98 Å². The smallest absolute Gasteiger partial charge is 0.243 e. The van der Waals surface area contributed by atoms with E-state index in [0.29, 0.717) is 11.7 Å². The van der Waals surface area contributed by atoms with Gasteiger partial charge in [-0.1, -0.05) is 5.16 Å². The van der Waals surface area contributed by atoms with Gasteiger partial charge in [0.05, 0.1) is 11.6 Å². The first kappa shape index (κ1) is 8.33. The van der Waals surface area contributed by atoms with Gasteiger partial charge < -0.3 is 10.3 Å². The van der Waals surface area contributed by atoms with Gasteiger partial charge in [0.2, 0.25) is 11.7 Å². The molecule has 0 aliphatic rings. The molecule has 2 N–H and O–H groups in total. The quantitative estimate of drug-likeness (QED) is 0.781. The van der Waals surface area contributed by atoms with Crippen molar-refractivity contribution in [2.24, 2.45) is 5.73 Å². The van der Waals surface area contributed by atoms with Gasteiger partial charge in [0.1, 0.15) is 5.69 Å². The fourth-order valence-corrected chi connectivity index (χ4v) is 1.38. The molecule has 5 nitrogen and oxygen atoms in total. The van der Waals surface area contributed by atoms with E-state index < -0.39 is 0 Å². The molecule has 0 fully saturated rings. The van der Waals surface area contributed by atoms with Crippen LogP contribution in [0.3, 0.4) is 0 Å². The minimum atomic E-state index is -0.236. The number of rotatable bonds is 2. The topological polar surface area (TPSA) is 77.8 Å². The average Bonchev–Trinajstić information content (AvgIpc) is 2.75. The Balaban J connectivity index is 2.33. The first-order chi connectivity index (χ1) is 6.27. The van der Waals surface area contributed by atoms with Crippen LogP contribution in [0.5, 0.6) is 0 Å². The Morgan fingerprint density at radius 2 is 2.46 bits per heavy atom. The summed E-state index contributed by atoms with van der Waals surface area (Å²) in [6, 6.07) is -0.236. The lowest BCUT2D eigenvalue weighted by Crippen LogP contribution is -2.04. The summed E-state index contributed by atoms with van der Waals surface area (Å²) in [5, 5.41) is 5.61.